The summed E-state index contributed by atoms with van der Waals surface area (Å²) in [5, 5.41) is 12.4. The Hall–Kier alpha value is -4.20. The van der Waals surface area contributed by atoms with Gasteiger partial charge in [0.1, 0.15) is 12.4 Å². The maximum Gasteiger partial charge on any atom is 0.293 e. The van der Waals surface area contributed by atoms with Gasteiger partial charge >= 0.3 is 0 Å². The Morgan fingerprint density at radius 2 is 1.54 bits per heavy atom. The fourth-order valence-electron chi connectivity index (χ4n) is 4.53. The van der Waals surface area contributed by atoms with Crippen LogP contribution in [0.5, 0.6) is 5.75 Å². The van der Waals surface area contributed by atoms with Crippen molar-refractivity contribution in [3.05, 3.63) is 114 Å². The van der Waals surface area contributed by atoms with Crippen LogP contribution in [-0.4, -0.2) is 49.3 Å². The summed E-state index contributed by atoms with van der Waals surface area (Å²) in [6, 6.07) is 30.8. The van der Waals surface area contributed by atoms with E-state index in [1.807, 2.05) is 30.3 Å². The fourth-order valence-corrected chi connectivity index (χ4v) is 4.53. The molecule has 1 heterocycles. The van der Waals surface area contributed by atoms with Crippen LogP contribution in [0.15, 0.2) is 97.1 Å². The Morgan fingerprint density at radius 3 is 2.13 bits per heavy atom. The molecule has 1 unspecified atom stereocenters. The first-order valence-electron chi connectivity index (χ1n) is 12.9. The molecule has 4 aromatic carbocycles. The summed E-state index contributed by atoms with van der Waals surface area (Å²) in [6.07, 6.45) is 0.201. The van der Waals surface area contributed by atoms with Gasteiger partial charge in [0.2, 0.25) is 5.91 Å². The summed E-state index contributed by atoms with van der Waals surface area (Å²) in [7, 11) is 1.70. The number of phenolic OH excluding ortho intramolecular Hbond substituents is 1. The third kappa shape index (κ3) is 7.66. The number of rotatable bonds is 9. The van der Waals surface area contributed by atoms with Gasteiger partial charge in [0.05, 0.1) is 19.3 Å². The third-order valence-corrected chi connectivity index (χ3v) is 6.64. The van der Waals surface area contributed by atoms with Crippen molar-refractivity contribution in [1.82, 2.24) is 4.90 Å². The minimum Gasteiger partial charge on any atom is -0.508 e. The minimum atomic E-state index is -0.525. The second-order valence-corrected chi connectivity index (χ2v) is 9.16. The van der Waals surface area contributed by atoms with Crippen molar-refractivity contribution < 1.29 is 28.9 Å². The molecule has 0 radical (unpaired) electrons. The molecule has 7 nitrogen and oxygen atoms in total. The van der Waals surface area contributed by atoms with Crippen molar-refractivity contribution >= 4 is 23.2 Å². The molecule has 7 heteroatoms. The van der Waals surface area contributed by atoms with Crippen LogP contribution in [0.2, 0.25) is 0 Å². The van der Waals surface area contributed by atoms with E-state index in [0.29, 0.717) is 26.1 Å². The number of amides is 1. The zero-order valence-corrected chi connectivity index (χ0v) is 21.9. The highest BCUT2D eigenvalue weighted by molar-refractivity contribution is 5.82. The third-order valence-electron chi connectivity index (χ3n) is 6.64. The first-order chi connectivity index (χ1) is 19.1. The highest BCUT2D eigenvalue weighted by Gasteiger charge is 2.25. The normalized spacial score (nSPS) is 13.8. The summed E-state index contributed by atoms with van der Waals surface area (Å²) < 4.78 is 16.1. The first kappa shape index (κ1) is 27.8. The van der Waals surface area contributed by atoms with Crippen molar-refractivity contribution in [3.63, 3.8) is 0 Å². The van der Waals surface area contributed by atoms with Gasteiger partial charge in [0.15, 0.2) is 6.29 Å². The summed E-state index contributed by atoms with van der Waals surface area (Å²) in [4.78, 5) is 25.1. The molecule has 1 aliphatic heterocycles. The van der Waals surface area contributed by atoms with Crippen LogP contribution in [0.4, 0.5) is 0 Å². The summed E-state index contributed by atoms with van der Waals surface area (Å²) in [5.41, 5.74) is 2.52. The lowest BCUT2D eigenvalue weighted by Crippen LogP contribution is -2.34. The van der Waals surface area contributed by atoms with Gasteiger partial charge < -0.3 is 24.2 Å². The van der Waals surface area contributed by atoms with E-state index < -0.39 is 6.29 Å². The zero-order valence-electron chi connectivity index (χ0n) is 21.9. The lowest BCUT2D eigenvalue weighted by molar-refractivity contribution is -0.138. The molecule has 1 fully saturated rings. The molecule has 1 aliphatic rings. The average molecular weight is 528 g/mol. The van der Waals surface area contributed by atoms with E-state index in [-0.39, 0.29) is 30.7 Å². The second-order valence-electron chi connectivity index (χ2n) is 9.16. The molecule has 0 spiro atoms. The lowest BCUT2D eigenvalue weighted by atomic mass is 10.0. The van der Waals surface area contributed by atoms with Gasteiger partial charge in [-0.25, -0.2) is 0 Å². The van der Waals surface area contributed by atoms with Gasteiger partial charge in [-0.3, -0.25) is 9.59 Å². The van der Waals surface area contributed by atoms with Crippen LogP contribution in [0.3, 0.4) is 0 Å². The number of ether oxygens (including phenoxy) is 3. The van der Waals surface area contributed by atoms with E-state index in [0.717, 1.165) is 16.7 Å². The quantitative estimate of drug-likeness (QED) is 0.286. The van der Waals surface area contributed by atoms with Crippen molar-refractivity contribution in [2.24, 2.45) is 0 Å². The number of aromatic hydroxyl groups is 1. The Bertz CT molecular complexity index is 1290. The molecule has 0 aliphatic carbocycles. The van der Waals surface area contributed by atoms with Gasteiger partial charge in [-0.15, -0.1) is 0 Å². The fraction of sp³-hybridized carbons (Fsp3) is 0.250. The second kappa shape index (κ2) is 14.1. The van der Waals surface area contributed by atoms with E-state index in [4.69, 9.17) is 14.2 Å². The monoisotopic (exact) mass is 527 g/mol. The number of aryl methyl sites for hydroxylation is 1. The number of benzene rings is 4. The molecule has 1 amide bonds. The Labute approximate surface area is 228 Å². The van der Waals surface area contributed by atoms with Crippen molar-refractivity contribution in [3.8, 4) is 5.75 Å². The first-order valence-corrected chi connectivity index (χ1v) is 12.9. The Kier molecular flexibility index (Phi) is 10.1. The number of phenols is 1. The number of hydrogen-bond acceptors (Lipinski definition) is 6. The molecule has 0 saturated carbocycles. The Morgan fingerprint density at radius 1 is 0.949 bits per heavy atom. The van der Waals surface area contributed by atoms with Gasteiger partial charge in [-0.05, 0) is 40.5 Å². The van der Waals surface area contributed by atoms with Crippen LogP contribution in [0.1, 0.15) is 35.4 Å². The predicted molar refractivity (Wildman–Crippen MR) is 149 cm³/mol. The van der Waals surface area contributed by atoms with Crippen molar-refractivity contribution in [1.29, 1.82) is 0 Å². The number of nitrogens with zero attached hydrogens (tertiary/aromatic N) is 1. The van der Waals surface area contributed by atoms with Crippen molar-refractivity contribution in [2.45, 2.75) is 25.2 Å². The van der Waals surface area contributed by atoms with Gasteiger partial charge in [0, 0.05) is 19.0 Å². The largest absolute Gasteiger partial charge is 0.508 e. The molecule has 0 bridgehead atoms. The molecule has 202 valence electrons. The zero-order chi connectivity index (χ0) is 27.5. The highest BCUT2D eigenvalue weighted by atomic mass is 16.7. The molecule has 5 rings (SSSR count). The molecular weight excluding hydrogens is 494 g/mol. The smallest absolute Gasteiger partial charge is 0.293 e. The van der Waals surface area contributed by atoms with E-state index in [1.165, 1.54) is 10.8 Å². The highest BCUT2D eigenvalue weighted by Crippen LogP contribution is 2.30. The van der Waals surface area contributed by atoms with Gasteiger partial charge in [-0.1, -0.05) is 84.9 Å². The molecule has 39 heavy (non-hydrogen) atoms. The molecule has 1 N–H and O–H groups in total. The maximum absolute atomic E-state index is 12.9. The number of hydrogen-bond donors (Lipinski definition) is 1. The molecule has 0 aromatic heterocycles. The number of likely N-dealkylation sites (N-methyl/N-ethyl adjacent to an activating group) is 1. The van der Waals surface area contributed by atoms with Crippen LogP contribution >= 0.6 is 0 Å². The summed E-state index contributed by atoms with van der Waals surface area (Å²) >= 11 is 0. The number of carbonyl (C=O) groups excluding carboxylic acids is 2. The number of carbonyl (C=O) groups is 2. The van der Waals surface area contributed by atoms with E-state index >= 15 is 0 Å². The van der Waals surface area contributed by atoms with Crippen LogP contribution in [-0.2, 0) is 30.2 Å². The SMILES string of the molecule is CN(C(=O)CCc1ccc(O)cc1C1OCCO1)C(COC=O)c1ccccc1.c1ccc2ccccc2c1. The van der Waals surface area contributed by atoms with Crippen molar-refractivity contribution in [2.75, 3.05) is 26.9 Å². The molecule has 4 aromatic rings. The molecule has 1 atom stereocenters. The van der Waals surface area contributed by atoms with Gasteiger partial charge in [0.25, 0.3) is 6.47 Å². The van der Waals surface area contributed by atoms with Gasteiger partial charge in [-0.2, -0.15) is 0 Å². The average Bonchev–Trinajstić information content (AvgIpc) is 3.52. The van der Waals surface area contributed by atoms with Crippen LogP contribution in [0.25, 0.3) is 10.8 Å². The topological polar surface area (TPSA) is 85.3 Å². The minimum absolute atomic E-state index is 0.0827. The van der Waals surface area contributed by atoms with Crippen LogP contribution in [0, 0.1) is 0 Å². The maximum atomic E-state index is 12.9. The van der Waals surface area contributed by atoms with E-state index in [1.54, 1.807) is 30.1 Å². The number of fused-ring (bicyclic) bond motifs is 1. The summed E-state index contributed by atoms with van der Waals surface area (Å²) in [6.45, 7) is 1.47. The Balaban J connectivity index is 0.000000292. The molecule has 1 saturated heterocycles. The standard InChI is InChI=1S/C22H25NO6.C10H8/c1-23(20(14-27-15-24)17-5-3-2-4-6-17)21(26)10-8-16-7-9-18(25)13-19(16)22-28-11-12-29-22;1-2-6-10-8-4-3-7-9(10)5-1/h2-7,9,13,15,20,22,25H,8,10-12,14H2,1H3;1-8H. The lowest BCUT2D eigenvalue weighted by Gasteiger charge is -2.28. The molecular formula is C32H33NO6. The summed E-state index contributed by atoms with van der Waals surface area (Å²) in [5.74, 6) is 0.0436. The van der Waals surface area contributed by atoms with Crippen LogP contribution < -0.4 is 0 Å². The van der Waals surface area contributed by atoms with E-state index in [2.05, 4.69) is 48.5 Å². The van der Waals surface area contributed by atoms with E-state index in [9.17, 15) is 14.7 Å². The predicted octanol–water partition coefficient (Wildman–Crippen LogP) is 5.58.